The lowest BCUT2D eigenvalue weighted by atomic mass is 9.93. The molecule has 1 unspecified atom stereocenters. The van der Waals surface area contributed by atoms with E-state index in [2.05, 4.69) is 12.6 Å². The Balaban J connectivity index is 2.23. The van der Waals surface area contributed by atoms with Crippen molar-refractivity contribution in [3.05, 3.63) is 35.9 Å². The highest BCUT2D eigenvalue weighted by molar-refractivity contribution is 7.83. The van der Waals surface area contributed by atoms with E-state index >= 15 is 0 Å². The number of hydrogen-bond acceptors (Lipinski definition) is 5. The molecule has 1 N–H and O–H groups in total. The first-order chi connectivity index (χ1) is 11.5. The quantitative estimate of drug-likeness (QED) is 0.347. The minimum atomic E-state index is -2.03. The summed E-state index contributed by atoms with van der Waals surface area (Å²) in [6.07, 6.45) is -0.291. The summed E-state index contributed by atoms with van der Waals surface area (Å²) in [4.78, 5) is 51.2. The molecule has 1 aromatic rings. The molecule has 0 spiro atoms. The van der Waals surface area contributed by atoms with Crippen molar-refractivity contribution in [2.24, 2.45) is 0 Å². The van der Waals surface area contributed by atoms with Gasteiger partial charge in [-0.15, -0.1) is 0 Å². The van der Waals surface area contributed by atoms with Gasteiger partial charge in [-0.2, -0.15) is 12.6 Å². The second kappa shape index (κ2) is 6.51. The van der Waals surface area contributed by atoms with Gasteiger partial charge in [0.05, 0.1) is 0 Å². The predicted molar refractivity (Wildman–Crippen MR) is 93.7 cm³/mol. The van der Waals surface area contributed by atoms with Crippen molar-refractivity contribution in [2.45, 2.75) is 30.6 Å². The molecule has 1 atom stereocenters. The molecule has 0 aliphatic carbocycles. The summed E-state index contributed by atoms with van der Waals surface area (Å²) >= 11 is 4.11. The summed E-state index contributed by atoms with van der Waals surface area (Å²) in [5, 5.41) is 9.53. The largest absolute Gasteiger partial charge is 0.480 e. The van der Waals surface area contributed by atoms with Crippen molar-refractivity contribution in [1.29, 1.82) is 0 Å². The minimum absolute atomic E-state index is 0.205. The number of carbonyl (C=O) groups is 4. The molecule has 134 valence electrons. The fourth-order valence-electron chi connectivity index (χ4n) is 2.60. The number of carboxylic acids is 1. The van der Waals surface area contributed by atoms with Crippen molar-refractivity contribution < 1.29 is 24.3 Å². The van der Waals surface area contributed by atoms with E-state index in [0.29, 0.717) is 0 Å². The van der Waals surface area contributed by atoms with Gasteiger partial charge >= 0.3 is 12.0 Å². The number of aliphatic carboxylic acids is 1. The third kappa shape index (κ3) is 3.13. The van der Waals surface area contributed by atoms with E-state index in [1.807, 2.05) is 0 Å². The van der Waals surface area contributed by atoms with Gasteiger partial charge in [0.25, 0.3) is 5.91 Å². The molecule has 0 radical (unpaired) electrons. The van der Waals surface area contributed by atoms with Crippen molar-refractivity contribution >= 4 is 36.3 Å². The number of carboxylic acid groups (broad SMARTS) is 1. The van der Waals surface area contributed by atoms with E-state index in [1.54, 1.807) is 32.0 Å². The topological polar surface area (TPSA) is 95.0 Å². The Morgan fingerprint density at radius 1 is 1.20 bits per heavy atom. The van der Waals surface area contributed by atoms with Gasteiger partial charge in [0.1, 0.15) is 5.54 Å². The van der Waals surface area contributed by atoms with Crippen LogP contribution < -0.4 is 0 Å². The van der Waals surface area contributed by atoms with Crippen LogP contribution in [0.15, 0.2) is 30.3 Å². The van der Waals surface area contributed by atoms with Crippen molar-refractivity contribution in [2.75, 3.05) is 13.6 Å². The molecule has 0 aromatic heterocycles. The van der Waals surface area contributed by atoms with E-state index < -0.39 is 34.0 Å². The number of amides is 3. The normalized spacial score (nSPS) is 19.0. The van der Waals surface area contributed by atoms with Gasteiger partial charge in [-0.3, -0.25) is 19.3 Å². The number of rotatable bonds is 6. The average Bonchev–Trinajstić information content (AvgIpc) is 2.73. The highest BCUT2D eigenvalue weighted by Gasteiger charge is 2.51. The number of urea groups is 1. The summed E-state index contributed by atoms with van der Waals surface area (Å²) in [6.45, 7) is 3.00. The molecule has 1 aliphatic heterocycles. The first kappa shape index (κ1) is 19.0. The maximum atomic E-state index is 12.6. The van der Waals surface area contributed by atoms with Crippen LogP contribution in [0.2, 0.25) is 0 Å². The van der Waals surface area contributed by atoms with E-state index in [9.17, 15) is 24.3 Å². The third-order valence-electron chi connectivity index (χ3n) is 4.59. The number of nitrogens with zero attached hydrogens (tertiary/aromatic N) is 2. The Bertz CT molecular complexity index is 734. The average molecular weight is 364 g/mol. The highest BCUT2D eigenvalue weighted by Crippen LogP contribution is 2.30. The molecule has 1 heterocycles. The van der Waals surface area contributed by atoms with Crippen molar-refractivity contribution in [1.82, 2.24) is 9.80 Å². The van der Waals surface area contributed by atoms with E-state index in [4.69, 9.17) is 0 Å². The molecule has 7 nitrogen and oxygen atoms in total. The van der Waals surface area contributed by atoms with Crippen LogP contribution in [-0.2, 0) is 9.59 Å². The summed E-state index contributed by atoms with van der Waals surface area (Å²) in [7, 11) is 1.50. The summed E-state index contributed by atoms with van der Waals surface area (Å²) in [5.74, 6) is -2.54. The number of hydrogen-bond donors (Lipinski definition) is 2. The Morgan fingerprint density at radius 3 is 2.20 bits per heavy atom. The molecule has 0 bridgehead atoms. The standard InChI is InChI=1S/C17H20N2O5S/c1-16(2)13(21)19(15(24)18(16)3)10-9-17(25,14(22)23)12(20)11-7-5-4-6-8-11/h4-8,25H,9-10H2,1-3H3,(H,22,23). The summed E-state index contributed by atoms with van der Waals surface area (Å²) in [5.41, 5.74) is -0.806. The zero-order valence-corrected chi connectivity index (χ0v) is 15.1. The van der Waals surface area contributed by atoms with Gasteiger partial charge in [-0.25, -0.2) is 4.79 Å². The van der Waals surface area contributed by atoms with Crippen LogP contribution in [0.25, 0.3) is 0 Å². The lowest BCUT2D eigenvalue weighted by molar-refractivity contribution is -0.139. The van der Waals surface area contributed by atoms with Crippen LogP contribution in [0.4, 0.5) is 4.79 Å². The van der Waals surface area contributed by atoms with Crippen LogP contribution in [-0.4, -0.2) is 62.5 Å². The number of thiol groups is 1. The lowest BCUT2D eigenvalue weighted by Crippen LogP contribution is -2.46. The van der Waals surface area contributed by atoms with Gasteiger partial charge in [0, 0.05) is 19.2 Å². The number of benzene rings is 1. The fourth-order valence-corrected chi connectivity index (χ4v) is 2.83. The third-order valence-corrected chi connectivity index (χ3v) is 5.21. The Morgan fingerprint density at radius 2 is 1.76 bits per heavy atom. The van der Waals surface area contributed by atoms with Gasteiger partial charge in [0.15, 0.2) is 10.5 Å². The van der Waals surface area contributed by atoms with Crippen molar-refractivity contribution in [3.8, 4) is 0 Å². The first-order valence-corrected chi connectivity index (χ1v) is 8.13. The van der Waals surface area contributed by atoms with Gasteiger partial charge < -0.3 is 10.0 Å². The number of carbonyl (C=O) groups excluding carboxylic acids is 3. The number of Topliss-reactive ketones (excluding diaryl/α,β-unsaturated/α-hetero) is 1. The maximum absolute atomic E-state index is 12.6. The van der Waals surface area contributed by atoms with Crippen LogP contribution in [0.1, 0.15) is 30.6 Å². The minimum Gasteiger partial charge on any atom is -0.480 e. The Labute approximate surface area is 151 Å². The van der Waals surface area contributed by atoms with E-state index in [0.717, 1.165) is 4.90 Å². The van der Waals surface area contributed by atoms with Gasteiger partial charge in [-0.1, -0.05) is 30.3 Å². The number of ketones is 1. The molecule has 8 heteroatoms. The smallest absolute Gasteiger partial charge is 0.327 e. The highest BCUT2D eigenvalue weighted by atomic mass is 32.1. The second-order valence-corrected chi connectivity index (χ2v) is 7.23. The fraction of sp³-hybridized carbons (Fsp3) is 0.412. The second-order valence-electron chi connectivity index (χ2n) is 6.47. The summed E-state index contributed by atoms with van der Waals surface area (Å²) < 4.78 is -2.03. The van der Waals surface area contributed by atoms with Crippen LogP contribution in [0.5, 0.6) is 0 Å². The van der Waals surface area contributed by atoms with Crippen LogP contribution >= 0.6 is 12.6 Å². The molecule has 1 saturated heterocycles. The zero-order valence-electron chi connectivity index (χ0n) is 14.2. The maximum Gasteiger partial charge on any atom is 0.327 e. The van der Waals surface area contributed by atoms with Gasteiger partial charge in [-0.05, 0) is 20.3 Å². The Hall–Kier alpha value is -2.35. The molecule has 1 aliphatic rings. The van der Waals surface area contributed by atoms with Gasteiger partial charge in [0.2, 0.25) is 0 Å². The molecule has 3 amide bonds. The molecule has 0 saturated carbocycles. The van der Waals surface area contributed by atoms with E-state index in [1.165, 1.54) is 24.1 Å². The molecule has 1 aromatic carbocycles. The van der Waals surface area contributed by atoms with Crippen LogP contribution in [0, 0.1) is 0 Å². The van der Waals surface area contributed by atoms with Crippen LogP contribution in [0.3, 0.4) is 0 Å². The summed E-state index contributed by atoms with van der Waals surface area (Å²) in [6, 6.07) is 7.42. The molecular formula is C17H20N2O5S. The first-order valence-electron chi connectivity index (χ1n) is 7.69. The molecule has 1 fully saturated rings. The number of likely N-dealkylation sites (N-methyl/N-ethyl adjacent to an activating group) is 1. The lowest BCUT2D eigenvalue weighted by Gasteiger charge is -2.24. The molecule has 2 rings (SSSR count). The van der Waals surface area contributed by atoms with E-state index in [-0.39, 0.29) is 18.5 Å². The predicted octanol–water partition coefficient (Wildman–Crippen LogP) is 1.69. The zero-order chi connectivity index (χ0) is 19.0. The number of imide groups is 1. The molecule has 25 heavy (non-hydrogen) atoms. The van der Waals surface area contributed by atoms with Crippen molar-refractivity contribution in [3.63, 3.8) is 0 Å². The Kier molecular flexibility index (Phi) is 4.94. The molecular weight excluding hydrogens is 344 g/mol. The monoisotopic (exact) mass is 364 g/mol. The SMILES string of the molecule is CN1C(=O)N(CCC(S)(C(=O)O)C(=O)c2ccccc2)C(=O)C1(C)C.